The van der Waals surface area contributed by atoms with E-state index in [2.05, 4.69) is 5.10 Å². The lowest BCUT2D eigenvalue weighted by molar-refractivity contribution is -0.142. The molecule has 1 aliphatic heterocycles. The number of imide groups is 1. The van der Waals surface area contributed by atoms with Gasteiger partial charge >= 0.3 is 5.97 Å². The van der Waals surface area contributed by atoms with Crippen molar-refractivity contribution in [3.05, 3.63) is 54.5 Å². The van der Waals surface area contributed by atoms with Crippen LogP contribution < -0.4 is 10.3 Å². The van der Waals surface area contributed by atoms with E-state index in [1.807, 2.05) is 5.32 Å². The molecule has 0 aliphatic carbocycles. The molecule has 0 fully saturated rings. The minimum atomic E-state index is -0.830. The van der Waals surface area contributed by atoms with E-state index in [1.54, 1.807) is 30.3 Å². The minimum absolute atomic E-state index is 0.0172. The van der Waals surface area contributed by atoms with Crippen LogP contribution in [0.3, 0.4) is 0 Å². The smallest absolute Gasteiger partial charge is 0.355 e. The number of amides is 3. The van der Waals surface area contributed by atoms with Crippen molar-refractivity contribution in [3.63, 3.8) is 0 Å². The molecule has 0 unspecified atom stereocenters. The number of furan rings is 1. The first-order chi connectivity index (χ1) is 13.0. The molecule has 0 saturated carbocycles. The van der Waals surface area contributed by atoms with Crippen LogP contribution in [0.5, 0.6) is 0 Å². The van der Waals surface area contributed by atoms with Crippen LogP contribution in [0.4, 0.5) is 5.69 Å². The number of carbonyl (C=O) groups is 4. The molecule has 1 aromatic heterocycles. The predicted molar refractivity (Wildman–Crippen MR) is 92.7 cm³/mol. The molecule has 0 radical (unpaired) electrons. The maximum Gasteiger partial charge on any atom is 0.355 e. The fourth-order valence-electron chi connectivity index (χ4n) is 2.32. The molecule has 1 aliphatic rings. The van der Waals surface area contributed by atoms with Gasteiger partial charge in [0.05, 0.1) is 12.0 Å². The number of rotatable bonds is 5. The van der Waals surface area contributed by atoms with Gasteiger partial charge in [0.2, 0.25) is 5.91 Å². The second-order valence-electron chi connectivity index (χ2n) is 5.52. The van der Waals surface area contributed by atoms with Crippen LogP contribution in [0.1, 0.15) is 23.4 Å². The lowest BCUT2D eigenvalue weighted by Crippen LogP contribution is -2.37. The third kappa shape index (κ3) is 4.46. The van der Waals surface area contributed by atoms with Gasteiger partial charge in [0.25, 0.3) is 11.8 Å². The van der Waals surface area contributed by atoms with Crippen molar-refractivity contribution in [2.24, 2.45) is 5.10 Å². The number of hydrogen-bond acceptors (Lipinski definition) is 7. The Balaban J connectivity index is 1.58. The van der Waals surface area contributed by atoms with Crippen LogP contribution in [0, 0.1) is 0 Å². The van der Waals surface area contributed by atoms with Crippen LogP contribution in [0.2, 0.25) is 0 Å². The van der Waals surface area contributed by atoms with Gasteiger partial charge in [-0.15, -0.1) is 0 Å². The summed E-state index contributed by atoms with van der Waals surface area (Å²) in [4.78, 5) is 47.5. The third-order valence-electron chi connectivity index (χ3n) is 3.60. The number of hydrogen-bond donors (Lipinski definition) is 1. The number of nitrogens with zero attached hydrogens (tertiary/aromatic N) is 2. The van der Waals surface area contributed by atoms with Gasteiger partial charge in [0.15, 0.2) is 12.4 Å². The first-order valence-corrected chi connectivity index (χ1v) is 8.05. The van der Waals surface area contributed by atoms with Gasteiger partial charge in [-0.2, -0.15) is 5.10 Å². The Morgan fingerprint density at radius 1 is 1.11 bits per heavy atom. The maximum atomic E-state index is 12.1. The number of carbonyl (C=O) groups excluding carboxylic acids is 4. The van der Waals surface area contributed by atoms with E-state index in [4.69, 9.17) is 9.15 Å². The Kier molecular flexibility index (Phi) is 5.41. The molecule has 1 N–H and O–H groups in total. The predicted octanol–water partition coefficient (Wildman–Crippen LogP) is 1.26. The van der Waals surface area contributed by atoms with E-state index in [0.29, 0.717) is 5.69 Å². The summed E-state index contributed by atoms with van der Waals surface area (Å²) in [6.45, 7) is -0.663. The van der Waals surface area contributed by atoms with Gasteiger partial charge in [-0.25, -0.2) is 9.80 Å². The van der Waals surface area contributed by atoms with Crippen molar-refractivity contribution in [3.8, 4) is 0 Å². The molecule has 1 aromatic carbocycles. The number of esters is 1. The van der Waals surface area contributed by atoms with Gasteiger partial charge in [-0.05, 0) is 24.3 Å². The average Bonchev–Trinajstić information content (AvgIpc) is 3.22. The molecule has 0 saturated heterocycles. The first-order valence-electron chi connectivity index (χ1n) is 8.05. The monoisotopic (exact) mass is 369 g/mol. The summed E-state index contributed by atoms with van der Waals surface area (Å²) in [7, 11) is 0. The standard InChI is InChI=1S/C18H15N3O6/c22-15(19-17(24)14-7-4-10-26-14)11-27-18(25)13-8-9-16(23)21(20-13)12-5-2-1-3-6-12/h1-7,10H,8-9,11H2,(H,19,22,24). The summed E-state index contributed by atoms with van der Waals surface area (Å²) in [5.74, 6) is -2.67. The van der Waals surface area contributed by atoms with Crippen molar-refractivity contribution in [1.82, 2.24) is 5.32 Å². The van der Waals surface area contributed by atoms with E-state index in [1.165, 1.54) is 18.4 Å². The summed E-state index contributed by atoms with van der Waals surface area (Å²) >= 11 is 0. The maximum absolute atomic E-state index is 12.1. The zero-order chi connectivity index (χ0) is 19.2. The van der Waals surface area contributed by atoms with Crippen LogP contribution in [-0.2, 0) is 19.1 Å². The van der Waals surface area contributed by atoms with E-state index < -0.39 is 24.4 Å². The molecular formula is C18H15N3O6. The summed E-state index contributed by atoms with van der Waals surface area (Å²) in [6, 6.07) is 11.5. The van der Waals surface area contributed by atoms with Crippen LogP contribution >= 0.6 is 0 Å². The highest BCUT2D eigenvalue weighted by Gasteiger charge is 2.27. The number of benzene rings is 1. The highest BCUT2D eigenvalue weighted by Crippen LogP contribution is 2.19. The zero-order valence-corrected chi connectivity index (χ0v) is 14.1. The van der Waals surface area contributed by atoms with Crippen LogP contribution in [-0.4, -0.2) is 36.0 Å². The Hall–Kier alpha value is -3.75. The van der Waals surface area contributed by atoms with Gasteiger partial charge < -0.3 is 9.15 Å². The van der Waals surface area contributed by atoms with Crippen molar-refractivity contribution >= 4 is 35.1 Å². The minimum Gasteiger partial charge on any atom is -0.459 e. The molecule has 2 heterocycles. The molecular weight excluding hydrogens is 354 g/mol. The lowest BCUT2D eigenvalue weighted by Gasteiger charge is -2.22. The van der Waals surface area contributed by atoms with Gasteiger partial charge in [0.1, 0.15) is 5.71 Å². The number of anilines is 1. The topological polar surface area (TPSA) is 118 Å². The third-order valence-corrected chi connectivity index (χ3v) is 3.60. The average molecular weight is 369 g/mol. The van der Waals surface area contributed by atoms with Gasteiger partial charge in [0, 0.05) is 12.8 Å². The van der Waals surface area contributed by atoms with Crippen LogP contribution in [0.15, 0.2) is 58.2 Å². The summed E-state index contributed by atoms with van der Waals surface area (Å²) in [5, 5.41) is 7.18. The van der Waals surface area contributed by atoms with Gasteiger partial charge in [-0.1, -0.05) is 18.2 Å². The number of para-hydroxylation sites is 1. The fourth-order valence-corrected chi connectivity index (χ4v) is 2.32. The zero-order valence-electron chi connectivity index (χ0n) is 14.1. The van der Waals surface area contributed by atoms with Crippen molar-refractivity contribution in [2.45, 2.75) is 12.8 Å². The molecule has 2 aromatic rings. The van der Waals surface area contributed by atoms with Crippen LogP contribution in [0.25, 0.3) is 0 Å². The normalized spacial score (nSPS) is 13.7. The van der Waals surface area contributed by atoms with Crippen molar-refractivity contribution in [2.75, 3.05) is 11.6 Å². The molecule has 138 valence electrons. The molecule has 9 nitrogen and oxygen atoms in total. The Morgan fingerprint density at radius 2 is 1.89 bits per heavy atom. The Bertz CT molecular complexity index is 889. The van der Waals surface area contributed by atoms with E-state index in [-0.39, 0.29) is 30.2 Å². The second-order valence-corrected chi connectivity index (χ2v) is 5.52. The second kappa shape index (κ2) is 8.09. The molecule has 0 spiro atoms. The Labute approximate surface area is 153 Å². The van der Waals surface area contributed by atoms with Gasteiger partial charge in [-0.3, -0.25) is 19.7 Å². The quantitative estimate of drug-likeness (QED) is 0.793. The molecule has 0 bridgehead atoms. The number of ether oxygens (including phenoxy) is 1. The molecule has 3 amide bonds. The fraction of sp³-hybridized carbons (Fsp3) is 0.167. The van der Waals surface area contributed by atoms with E-state index in [9.17, 15) is 19.2 Å². The highest BCUT2D eigenvalue weighted by atomic mass is 16.5. The lowest BCUT2D eigenvalue weighted by atomic mass is 10.1. The highest BCUT2D eigenvalue weighted by molar-refractivity contribution is 6.38. The van der Waals surface area contributed by atoms with E-state index in [0.717, 1.165) is 5.01 Å². The largest absolute Gasteiger partial charge is 0.459 e. The SMILES string of the molecule is O=C(COC(=O)C1=NN(c2ccccc2)C(=O)CC1)NC(=O)c1ccco1. The molecule has 9 heteroatoms. The first kappa shape index (κ1) is 18.1. The number of hydrazone groups is 1. The summed E-state index contributed by atoms with van der Waals surface area (Å²) in [5.41, 5.74) is 0.540. The summed E-state index contributed by atoms with van der Waals surface area (Å²) in [6.07, 6.45) is 1.49. The molecule has 27 heavy (non-hydrogen) atoms. The molecule has 0 atom stereocenters. The number of nitrogens with one attached hydrogen (secondary N) is 1. The van der Waals surface area contributed by atoms with Crippen molar-refractivity contribution < 1.29 is 28.3 Å². The van der Waals surface area contributed by atoms with E-state index >= 15 is 0 Å². The Morgan fingerprint density at radius 3 is 2.59 bits per heavy atom. The van der Waals surface area contributed by atoms with Crippen molar-refractivity contribution in [1.29, 1.82) is 0 Å². The molecule has 3 rings (SSSR count). The summed E-state index contributed by atoms with van der Waals surface area (Å²) < 4.78 is 9.73.